The second kappa shape index (κ2) is 6.64. The van der Waals surface area contributed by atoms with Crippen LogP contribution in [-0.2, 0) is 6.54 Å². The molecule has 1 fully saturated rings. The zero-order chi connectivity index (χ0) is 15.5. The fourth-order valence-corrected chi connectivity index (χ4v) is 2.55. The highest BCUT2D eigenvalue weighted by Crippen LogP contribution is 2.34. The van der Waals surface area contributed by atoms with E-state index in [1.54, 1.807) is 12.3 Å². The molecule has 3 nitrogen and oxygen atoms in total. The average molecular weight is 301 g/mol. The lowest BCUT2D eigenvalue weighted by Gasteiger charge is -2.35. The highest BCUT2D eigenvalue weighted by atomic mass is 19.4. The van der Waals surface area contributed by atoms with Gasteiger partial charge in [-0.1, -0.05) is 13.8 Å². The molecule has 1 N–H and O–H groups in total. The summed E-state index contributed by atoms with van der Waals surface area (Å²) >= 11 is 0. The number of alkyl halides is 3. The first kappa shape index (κ1) is 16.1. The summed E-state index contributed by atoms with van der Waals surface area (Å²) in [4.78, 5) is 6.08. The second-order valence-corrected chi connectivity index (χ2v) is 5.87. The molecule has 0 saturated carbocycles. The van der Waals surface area contributed by atoms with Gasteiger partial charge in [0, 0.05) is 37.6 Å². The molecule has 1 aromatic rings. The molecule has 0 bridgehead atoms. The number of rotatable bonds is 4. The number of hydrogen-bond donors (Lipinski definition) is 1. The van der Waals surface area contributed by atoms with Crippen LogP contribution >= 0.6 is 0 Å². The summed E-state index contributed by atoms with van der Waals surface area (Å²) in [7, 11) is 0. The lowest BCUT2D eigenvalue weighted by atomic mass is 9.97. The number of pyridine rings is 1. The Morgan fingerprint density at radius 1 is 1.43 bits per heavy atom. The fourth-order valence-electron chi connectivity index (χ4n) is 2.55. The maximum Gasteiger partial charge on any atom is 0.393 e. The molecule has 0 aliphatic carbocycles. The molecule has 6 heteroatoms. The summed E-state index contributed by atoms with van der Waals surface area (Å²) in [5.74, 6) is -1.23. The van der Waals surface area contributed by atoms with Gasteiger partial charge in [0.1, 0.15) is 0 Å². The van der Waals surface area contributed by atoms with Crippen LogP contribution in [0.2, 0.25) is 0 Å². The number of nitrogens with zero attached hydrogens (tertiary/aromatic N) is 2. The van der Waals surface area contributed by atoms with Crippen LogP contribution < -0.4 is 10.2 Å². The van der Waals surface area contributed by atoms with Crippen molar-refractivity contribution in [2.45, 2.75) is 45.5 Å². The van der Waals surface area contributed by atoms with E-state index in [2.05, 4.69) is 10.3 Å². The molecule has 1 aliphatic heterocycles. The van der Waals surface area contributed by atoms with Crippen molar-refractivity contribution in [1.29, 1.82) is 0 Å². The van der Waals surface area contributed by atoms with Crippen LogP contribution in [0.4, 0.5) is 18.9 Å². The molecular formula is C15H22F3N3. The van der Waals surface area contributed by atoms with E-state index in [1.807, 2.05) is 24.8 Å². The molecule has 21 heavy (non-hydrogen) atoms. The van der Waals surface area contributed by atoms with Crippen molar-refractivity contribution in [3.63, 3.8) is 0 Å². The zero-order valence-electron chi connectivity index (χ0n) is 12.5. The highest BCUT2D eigenvalue weighted by Gasteiger charge is 2.41. The van der Waals surface area contributed by atoms with Crippen LogP contribution in [-0.4, -0.2) is 30.3 Å². The molecule has 1 aromatic heterocycles. The Labute approximate surface area is 123 Å². The fraction of sp³-hybridized carbons (Fsp3) is 0.667. The summed E-state index contributed by atoms with van der Waals surface area (Å²) in [5, 5.41) is 3.26. The molecule has 0 aromatic carbocycles. The van der Waals surface area contributed by atoms with Crippen LogP contribution in [0, 0.1) is 5.92 Å². The maximum atomic E-state index is 12.9. The van der Waals surface area contributed by atoms with Crippen molar-refractivity contribution in [2.24, 2.45) is 5.92 Å². The molecule has 1 unspecified atom stereocenters. The molecule has 118 valence electrons. The van der Waals surface area contributed by atoms with Gasteiger partial charge in [0.15, 0.2) is 0 Å². The molecule has 0 amide bonds. The molecule has 2 rings (SSSR count). The molecule has 1 aliphatic rings. The third-order valence-electron chi connectivity index (χ3n) is 3.74. The van der Waals surface area contributed by atoms with Crippen LogP contribution in [0.25, 0.3) is 0 Å². The Morgan fingerprint density at radius 3 is 2.86 bits per heavy atom. The van der Waals surface area contributed by atoms with E-state index in [9.17, 15) is 13.2 Å². The van der Waals surface area contributed by atoms with Crippen molar-refractivity contribution in [3.8, 4) is 0 Å². The van der Waals surface area contributed by atoms with Crippen molar-refractivity contribution >= 4 is 5.69 Å². The summed E-state index contributed by atoms with van der Waals surface area (Å²) in [6.07, 6.45) is -1.63. The van der Waals surface area contributed by atoms with Crippen molar-refractivity contribution < 1.29 is 13.2 Å². The summed E-state index contributed by atoms with van der Waals surface area (Å²) in [6.45, 7) is 5.44. The van der Waals surface area contributed by atoms with Gasteiger partial charge in [-0.3, -0.25) is 4.98 Å². The summed E-state index contributed by atoms with van der Waals surface area (Å²) in [6, 6.07) is 4.02. The average Bonchev–Trinajstić information content (AvgIpc) is 2.45. The first-order valence-corrected chi connectivity index (χ1v) is 7.36. The van der Waals surface area contributed by atoms with E-state index in [1.165, 1.54) is 0 Å². The van der Waals surface area contributed by atoms with E-state index in [0.29, 0.717) is 25.6 Å². The first-order chi connectivity index (χ1) is 9.86. The van der Waals surface area contributed by atoms with Gasteiger partial charge in [0.2, 0.25) is 0 Å². The molecule has 2 heterocycles. The Morgan fingerprint density at radius 2 is 2.19 bits per heavy atom. The number of halogens is 3. The van der Waals surface area contributed by atoms with E-state index in [0.717, 1.165) is 11.4 Å². The topological polar surface area (TPSA) is 28.2 Å². The lowest BCUT2D eigenvalue weighted by molar-refractivity contribution is -0.175. The van der Waals surface area contributed by atoms with E-state index < -0.39 is 12.1 Å². The second-order valence-electron chi connectivity index (χ2n) is 5.87. The number of piperidine rings is 1. The van der Waals surface area contributed by atoms with Gasteiger partial charge < -0.3 is 10.2 Å². The lowest BCUT2D eigenvalue weighted by Crippen LogP contribution is -2.41. The van der Waals surface area contributed by atoms with Gasteiger partial charge in [-0.05, 0) is 25.0 Å². The third-order valence-corrected chi connectivity index (χ3v) is 3.74. The van der Waals surface area contributed by atoms with Crippen molar-refractivity contribution in [2.75, 3.05) is 18.0 Å². The number of hydrogen-bond acceptors (Lipinski definition) is 3. The van der Waals surface area contributed by atoms with E-state index >= 15 is 0 Å². The minimum Gasteiger partial charge on any atom is -0.371 e. The summed E-state index contributed by atoms with van der Waals surface area (Å²) < 4.78 is 38.6. The van der Waals surface area contributed by atoms with Crippen LogP contribution in [0.3, 0.4) is 0 Å². The number of nitrogens with one attached hydrogen (secondary N) is 1. The minimum absolute atomic E-state index is 0.0462. The predicted molar refractivity (Wildman–Crippen MR) is 77.2 cm³/mol. The van der Waals surface area contributed by atoms with Crippen LogP contribution in [0.5, 0.6) is 0 Å². The predicted octanol–water partition coefficient (Wildman–Crippen LogP) is 3.36. The molecule has 0 radical (unpaired) electrons. The molecule has 0 spiro atoms. The van der Waals surface area contributed by atoms with E-state index in [-0.39, 0.29) is 13.0 Å². The standard InChI is InChI=1S/C15H22F3N3/c1-11(2)20-9-13-8-14(5-6-19-13)21-7-3-4-12(10-21)15(16,17)18/h5-6,8,11-12,20H,3-4,7,9-10H2,1-2H3. The molecule has 1 atom stereocenters. The highest BCUT2D eigenvalue weighted by molar-refractivity contribution is 5.47. The monoisotopic (exact) mass is 301 g/mol. The van der Waals surface area contributed by atoms with Gasteiger partial charge in [0.25, 0.3) is 0 Å². The SMILES string of the molecule is CC(C)NCc1cc(N2CCCC(C(F)(F)F)C2)ccn1. The van der Waals surface area contributed by atoms with Gasteiger partial charge in [0.05, 0.1) is 11.6 Å². The Balaban J connectivity index is 2.05. The molecular weight excluding hydrogens is 279 g/mol. The quantitative estimate of drug-likeness (QED) is 0.924. The van der Waals surface area contributed by atoms with Gasteiger partial charge in [-0.15, -0.1) is 0 Å². The minimum atomic E-state index is -4.10. The normalized spacial score (nSPS) is 20.1. The number of aromatic nitrogens is 1. The van der Waals surface area contributed by atoms with Crippen LogP contribution in [0.1, 0.15) is 32.4 Å². The van der Waals surface area contributed by atoms with E-state index in [4.69, 9.17) is 0 Å². The Kier molecular flexibility index (Phi) is 5.08. The zero-order valence-corrected chi connectivity index (χ0v) is 12.5. The van der Waals surface area contributed by atoms with Gasteiger partial charge >= 0.3 is 6.18 Å². The maximum absolute atomic E-state index is 12.9. The van der Waals surface area contributed by atoms with Crippen LogP contribution in [0.15, 0.2) is 18.3 Å². The first-order valence-electron chi connectivity index (χ1n) is 7.36. The Bertz CT molecular complexity index is 460. The van der Waals surface area contributed by atoms with Gasteiger partial charge in [-0.2, -0.15) is 13.2 Å². The van der Waals surface area contributed by atoms with Gasteiger partial charge in [-0.25, -0.2) is 0 Å². The Hall–Kier alpha value is -1.30. The van der Waals surface area contributed by atoms with Crippen molar-refractivity contribution in [3.05, 3.63) is 24.0 Å². The summed E-state index contributed by atoms with van der Waals surface area (Å²) in [5.41, 5.74) is 1.69. The molecule has 1 saturated heterocycles. The largest absolute Gasteiger partial charge is 0.393 e. The smallest absolute Gasteiger partial charge is 0.371 e. The van der Waals surface area contributed by atoms with Crippen molar-refractivity contribution in [1.82, 2.24) is 10.3 Å². The number of anilines is 1. The third kappa shape index (κ3) is 4.59.